The van der Waals surface area contributed by atoms with E-state index in [9.17, 15) is 4.79 Å². The second kappa shape index (κ2) is 6.18. The van der Waals surface area contributed by atoms with Crippen molar-refractivity contribution in [3.8, 4) is 0 Å². The van der Waals surface area contributed by atoms with E-state index in [4.69, 9.17) is 4.74 Å². The maximum absolute atomic E-state index is 12.7. The molecule has 1 aromatic heterocycles. The Bertz CT molecular complexity index is 460. The second-order valence-electron chi connectivity index (χ2n) is 6.56. The Kier molecular flexibility index (Phi) is 4.29. The van der Waals surface area contributed by atoms with Crippen molar-refractivity contribution in [3.05, 3.63) is 18.7 Å². The van der Waals surface area contributed by atoms with E-state index in [1.807, 2.05) is 18.7 Å². The minimum Gasteiger partial charge on any atom is -0.384 e. The van der Waals surface area contributed by atoms with Crippen LogP contribution < -0.4 is 0 Å². The number of nitrogens with zero attached hydrogens (tertiary/aromatic N) is 3. The highest BCUT2D eigenvalue weighted by molar-refractivity contribution is 5.84. The van der Waals surface area contributed by atoms with Crippen LogP contribution >= 0.6 is 0 Å². The van der Waals surface area contributed by atoms with Gasteiger partial charge in [0, 0.05) is 39.1 Å². The van der Waals surface area contributed by atoms with Gasteiger partial charge in [-0.1, -0.05) is 6.42 Å². The first kappa shape index (κ1) is 14.6. The van der Waals surface area contributed by atoms with Crippen LogP contribution in [0.2, 0.25) is 0 Å². The molecule has 2 aliphatic rings. The number of rotatable bonds is 5. The Hall–Kier alpha value is -1.36. The lowest BCUT2D eigenvalue weighted by Crippen LogP contribution is -2.52. The lowest BCUT2D eigenvalue weighted by molar-refractivity contribution is -0.153. The molecule has 0 aromatic carbocycles. The second-order valence-corrected chi connectivity index (χ2v) is 6.56. The van der Waals surface area contributed by atoms with E-state index in [1.165, 1.54) is 0 Å². The fourth-order valence-electron chi connectivity index (χ4n) is 3.65. The fourth-order valence-corrected chi connectivity index (χ4v) is 3.65. The summed E-state index contributed by atoms with van der Waals surface area (Å²) in [6.07, 6.45) is 11.0. The molecule has 0 spiro atoms. The van der Waals surface area contributed by atoms with E-state index in [0.29, 0.717) is 18.4 Å². The van der Waals surface area contributed by atoms with E-state index >= 15 is 0 Å². The minimum absolute atomic E-state index is 0.202. The third kappa shape index (κ3) is 2.98. The number of hydrogen-bond donors (Lipinski definition) is 0. The van der Waals surface area contributed by atoms with Crippen LogP contribution in [0.1, 0.15) is 32.1 Å². The van der Waals surface area contributed by atoms with Crippen LogP contribution in [0, 0.1) is 11.3 Å². The van der Waals surface area contributed by atoms with Crippen molar-refractivity contribution in [1.29, 1.82) is 0 Å². The predicted molar refractivity (Wildman–Crippen MR) is 79.7 cm³/mol. The molecule has 1 aromatic rings. The minimum atomic E-state index is -0.202. The maximum Gasteiger partial charge on any atom is 0.231 e. The average Bonchev–Trinajstić information content (AvgIpc) is 2.96. The fraction of sp³-hybridized carbons (Fsp3) is 0.750. The van der Waals surface area contributed by atoms with Crippen LogP contribution in [0.25, 0.3) is 0 Å². The number of ether oxygens (including phenoxy) is 1. The summed E-state index contributed by atoms with van der Waals surface area (Å²) in [5.41, 5.74) is -0.202. The van der Waals surface area contributed by atoms with Gasteiger partial charge in [-0.2, -0.15) is 0 Å². The molecule has 5 nitrogen and oxygen atoms in total. The van der Waals surface area contributed by atoms with Gasteiger partial charge in [-0.3, -0.25) is 4.79 Å². The van der Waals surface area contributed by atoms with Gasteiger partial charge in [0.05, 0.1) is 18.3 Å². The molecule has 0 bridgehead atoms. The van der Waals surface area contributed by atoms with Gasteiger partial charge in [-0.15, -0.1) is 0 Å². The molecule has 116 valence electrons. The Morgan fingerprint density at radius 2 is 2.14 bits per heavy atom. The number of likely N-dealkylation sites (tertiary alicyclic amines) is 1. The molecule has 0 atom stereocenters. The zero-order valence-electron chi connectivity index (χ0n) is 12.8. The van der Waals surface area contributed by atoms with Crippen LogP contribution in [0.4, 0.5) is 0 Å². The van der Waals surface area contributed by atoms with Crippen molar-refractivity contribution in [1.82, 2.24) is 14.5 Å². The number of piperidine rings is 1. The van der Waals surface area contributed by atoms with Crippen LogP contribution in [-0.2, 0) is 16.1 Å². The van der Waals surface area contributed by atoms with Gasteiger partial charge in [0.15, 0.2) is 0 Å². The molecule has 1 aliphatic carbocycles. The highest BCUT2D eigenvalue weighted by Gasteiger charge is 2.46. The van der Waals surface area contributed by atoms with E-state index in [-0.39, 0.29) is 5.41 Å². The average molecular weight is 291 g/mol. The monoisotopic (exact) mass is 291 g/mol. The van der Waals surface area contributed by atoms with Crippen LogP contribution in [0.3, 0.4) is 0 Å². The predicted octanol–water partition coefficient (Wildman–Crippen LogP) is 1.94. The molecule has 2 heterocycles. The first-order valence-corrected chi connectivity index (χ1v) is 7.97. The summed E-state index contributed by atoms with van der Waals surface area (Å²) in [6, 6.07) is 0. The molecule has 0 unspecified atom stereocenters. The molecular formula is C16H25N3O2. The third-order valence-electron chi connectivity index (χ3n) is 5.11. The SMILES string of the molecule is COCC1(C(=O)N2CCC(Cn3ccnc3)CC2)CCC1. The lowest BCUT2D eigenvalue weighted by Gasteiger charge is -2.44. The molecule has 3 rings (SSSR count). The van der Waals surface area contributed by atoms with Crippen molar-refractivity contribution in [2.24, 2.45) is 11.3 Å². The molecule has 1 saturated carbocycles. The topological polar surface area (TPSA) is 47.4 Å². The quantitative estimate of drug-likeness (QED) is 0.833. The Balaban J connectivity index is 1.52. The highest BCUT2D eigenvalue weighted by Crippen LogP contribution is 2.43. The van der Waals surface area contributed by atoms with Gasteiger partial charge in [0.25, 0.3) is 0 Å². The van der Waals surface area contributed by atoms with E-state index in [0.717, 1.165) is 51.7 Å². The standard InChI is InChI=1S/C16H25N3O2/c1-21-12-16(5-2-6-16)15(20)19-8-3-14(4-9-19)11-18-10-7-17-13-18/h7,10,13-14H,2-6,8-9,11-12H2,1H3. The summed E-state index contributed by atoms with van der Waals surface area (Å²) in [4.78, 5) is 18.9. The van der Waals surface area contributed by atoms with E-state index < -0.39 is 0 Å². The molecule has 1 aliphatic heterocycles. The number of carbonyl (C=O) groups excluding carboxylic acids is 1. The maximum atomic E-state index is 12.7. The Labute approximate surface area is 126 Å². The number of methoxy groups -OCH3 is 1. The van der Waals surface area contributed by atoms with Gasteiger partial charge in [-0.25, -0.2) is 4.98 Å². The molecule has 0 radical (unpaired) electrons. The summed E-state index contributed by atoms with van der Waals surface area (Å²) in [5, 5.41) is 0. The van der Waals surface area contributed by atoms with Crippen molar-refractivity contribution in [2.75, 3.05) is 26.8 Å². The van der Waals surface area contributed by atoms with Gasteiger partial charge >= 0.3 is 0 Å². The molecule has 5 heteroatoms. The van der Waals surface area contributed by atoms with Gasteiger partial charge in [0.1, 0.15) is 0 Å². The van der Waals surface area contributed by atoms with Crippen molar-refractivity contribution < 1.29 is 9.53 Å². The smallest absolute Gasteiger partial charge is 0.231 e. The van der Waals surface area contributed by atoms with Gasteiger partial charge in [-0.05, 0) is 31.6 Å². The largest absolute Gasteiger partial charge is 0.384 e. The molecule has 21 heavy (non-hydrogen) atoms. The van der Waals surface area contributed by atoms with Gasteiger partial charge in [0.2, 0.25) is 5.91 Å². The van der Waals surface area contributed by atoms with E-state index in [1.54, 1.807) is 7.11 Å². The molecule has 1 saturated heterocycles. The van der Waals surface area contributed by atoms with Crippen LogP contribution in [-0.4, -0.2) is 47.2 Å². The van der Waals surface area contributed by atoms with E-state index in [2.05, 4.69) is 14.5 Å². The third-order valence-corrected chi connectivity index (χ3v) is 5.11. The van der Waals surface area contributed by atoms with Crippen LogP contribution in [0.15, 0.2) is 18.7 Å². The number of amides is 1. The summed E-state index contributed by atoms with van der Waals surface area (Å²) in [7, 11) is 1.70. The van der Waals surface area contributed by atoms with Gasteiger partial charge < -0.3 is 14.2 Å². The van der Waals surface area contributed by atoms with Crippen molar-refractivity contribution >= 4 is 5.91 Å². The Morgan fingerprint density at radius 3 is 2.67 bits per heavy atom. The zero-order valence-corrected chi connectivity index (χ0v) is 12.8. The summed E-state index contributed by atoms with van der Waals surface area (Å²) in [6.45, 7) is 3.39. The summed E-state index contributed by atoms with van der Waals surface area (Å²) < 4.78 is 7.43. The Morgan fingerprint density at radius 1 is 1.38 bits per heavy atom. The molecule has 1 amide bonds. The highest BCUT2D eigenvalue weighted by atomic mass is 16.5. The number of carbonyl (C=O) groups is 1. The number of imidazole rings is 1. The first-order valence-electron chi connectivity index (χ1n) is 7.97. The summed E-state index contributed by atoms with van der Waals surface area (Å²) in [5.74, 6) is 0.986. The number of hydrogen-bond acceptors (Lipinski definition) is 3. The molecule has 0 N–H and O–H groups in total. The summed E-state index contributed by atoms with van der Waals surface area (Å²) >= 11 is 0. The normalized spacial score (nSPS) is 22.0. The molecular weight excluding hydrogens is 266 g/mol. The lowest BCUT2D eigenvalue weighted by atomic mass is 9.68. The first-order chi connectivity index (χ1) is 10.2. The molecule has 2 fully saturated rings. The van der Waals surface area contributed by atoms with Crippen molar-refractivity contribution in [2.45, 2.75) is 38.6 Å². The van der Waals surface area contributed by atoms with Crippen molar-refractivity contribution in [3.63, 3.8) is 0 Å². The zero-order chi connectivity index (χ0) is 14.7. The number of aromatic nitrogens is 2. The van der Waals surface area contributed by atoms with Crippen LogP contribution in [0.5, 0.6) is 0 Å².